The van der Waals surface area contributed by atoms with Gasteiger partial charge >= 0.3 is 5.97 Å². The Morgan fingerprint density at radius 3 is 2.92 bits per heavy atom. The van der Waals surface area contributed by atoms with Crippen LogP contribution < -0.4 is 4.74 Å². The Morgan fingerprint density at radius 1 is 1.35 bits per heavy atom. The largest absolute Gasteiger partial charge is 0.488 e. The van der Waals surface area contributed by atoms with Gasteiger partial charge in [-0.15, -0.1) is 0 Å². The number of rotatable bonds is 5. The molecule has 0 N–H and O–H groups in total. The SMILES string of the molecule is O=C1C[C@@H]2[C@@H](C=CC3(COc4cccc(Cl)c4)OCCO3)[C@@H](F)C[C@@H]2O1. The van der Waals surface area contributed by atoms with Crippen molar-refractivity contribution in [2.45, 2.75) is 30.9 Å². The van der Waals surface area contributed by atoms with Gasteiger partial charge in [-0.1, -0.05) is 23.7 Å². The van der Waals surface area contributed by atoms with Gasteiger partial charge in [-0.05, 0) is 24.3 Å². The minimum absolute atomic E-state index is 0.122. The van der Waals surface area contributed by atoms with Crippen LogP contribution in [0.15, 0.2) is 36.4 Å². The monoisotopic (exact) mass is 382 g/mol. The number of fused-ring (bicyclic) bond motifs is 1. The van der Waals surface area contributed by atoms with Crippen molar-refractivity contribution < 1.29 is 28.1 Å². The van der Waals surface area contributed by atoms with Crippen molar-refractivity contribution >= 4 is 17.6 Å². The number of carbonyl (C=O) groups excluding carboxylic acids is 1. The molecule has 5 nitrogen and oxygen atoms in total. The molecule has 0 unspecified atom stereocenters. The Morgan fingerprint density at radius 2 is 2.15 bits per heavy atom. The van der Waals surface area contributed by atoms with Crippen LogP contribution in [0.25, 0.3) is 0 Å². The van der Waals surface area contributed by atoms with Crippen molar-refractivity contribution in [3.63, 3.8) is 0 Å². The second-order valence-electron chi connectivity index (χ2n) is 6.84. The van der Waals surface area contributed by atoms with Crippen molar-refractivity contribution in [1.29, 1.82) is 0 Å². The van der Waals surface area contributed by atoms with Crippen molar-refractivity contribution in [2.24, 2.45) is 11.8 Å². The highest BCUT2D eigenvalue weighted by molar-refractivity contribution is 6.30. The van der Waals surface area contributed by atoms with Crippen LogP contribution in [0.5, 0.6) is 5.75 Å². The fraction of sp³-hybridized carbons (Fsp3) is 0.526. The summed E-state index contributed by atoms with van der Waals surface area (Å²) in [5, 5.41) is 0.573. The number of benzene rings is 1. The van der Waals surface area contributed by atoms with Crippen molar-refractivity contribution in [3.05, 3.63) is 41.4 Å². The molecule has 1 aromatic carbocycles. The molecule has 26 heavy (non-hydrogen) atoms. The molecule has 0 amide bonds. The Bertz CT molecular complexity index is 703. The van der Waals surface area contributed by atoms with Gasteiger partial charge in [0.15, 0.2) is 0 Å². The summed E-state index contributed by atoms with van der Waals surface area (Å²) in [7, 11) is 0. The first-order valence-corrected chi connectivity index (χ1v) is 9.12. The minimum Gasteiger partial charge on any atom is -0.488 e. The topological polar surface area (TPSA) is 54.0 Å². The summed E-state index contributed by atoms with van der Waals surface area (Å²) in [4.78, 5) is 11.5. The lowest BCUT2D eigenvalue weighted by atomic mass is 9.91. The smallest absolute Gasteiger partial charge is 0.306 e. The number of hydrogen-bond donors (Lipinski definition) is 0. The van der Waals surface area contributed by atoms with Gasteiger partial charge in [0.2, 0.25) is 5.79 Å². The second kappa shape index (κ2) is 7.18. The number of hydrogen-bond acceptors (Lipinski definition) is 5. The van der Waals surface area contributed by atoms with Crippen molar-refractivity contribution in [2.75, 3.05) is 19.8 Å². The van der Waals surface area contributed by atoms with Gasteiger partial charge in [0, 0.05) is 23.3 Å². The van der Waals surface area contributed by atoms with E-state index >= 15 is 0 Å². The van der Waals surface area contributed by atoms with Crippen LogP contribution in [0, 0.1) is 11.8 Å². The first kappa shape index (κ1) is 17.8. The zero-order valence-corrected chi connectivity index (χ0v) is 14.9. The summed E-state index contributed by atoms with van der Waals surface area (Å²) < 4.78 is 36.8. The summed E-state index contributed by atoms with van der Waals surface area (Å²) in [6.07, 6.45) is 2.61. The Balaban J connectivity index is 1.46. The molecule has 0 aromatic heterocycles. The van der Waals surface area contributed by atoms with Crippen molar-refractivity contribution in [3.8, 4) is 5.75 Å². The molecule has 0 bridgehead atoms. The lowest BCUT2D eigenvalue weighted by Gasteiger charge is -2.25. The predicted molar refractivity (Wildman–Crippen MR) is 91.7 cm³/mol. The molecule has 2 aliphatic heterocycles. The average Bonchev–Trinajstić information content (AvgIpc) is 3.27. The van der Waals surface area contributed by atoms with Crippen LogP contribution in [0.3, 0.4) is 0 Å². The van der Waals surface area contributed by atoms with E-state index in [1.54, 1.807) is 36.4 Å². The van der Waals surface area contributed by atoms with Gasteiger partial charge in [0.1, 0.15) is 24.6 Å². The van der Waals surface area contributed by atoms with Crippen LogP contribution in [-0.4, -0.2) is 43.9 Å². The van der Waals surface area contributed by atoms with Gasteiger partial charge in [0.25, 0.3) is 0 Å². The summed E-state index contributed by atoms with van der Waals surface area (Å²) >= 11 is 5.96. The molecule has 1 saturated carbocycles. The normalized spacial score (nSPS) is 32.8. The van der Waals surface area contributed by atoms with E-state index in [1.165, 1.54) is 0 Å². The van der Waals surface area contributed by atoms with E-state index in [1.807, 2.05) is 0 Å². The highest BCUT2D eigenvalue weighted by atomic mass is 35.5. The van der Waals surface area contributed by atoms with E-state index in [0.717, 1.165) is 0 Å². The van der Waals surface area contributed by atoms with E-state index in [4.69, 9.17) is 30.5 Å². The molecule has 7 heteroatoms. The van der Waals surface area contributed by atoms with E-state index < -0.39 is 12.0 Å². The fourth-order valence-electron chi connectivity index (χ4n) is 3.84. The first-order valence-electron chi connectivity index (χ1n) is 8.74. The maximum atomic E-state index is 14.4. The molecular weight excluding hydrogens is 363 g/mol. The zero-order chi connectivity index (χ0) is 18.1. The van der Waals surface area contributed by atoms with Gasteiger partial charge in [-0.2, -0.15) is 0 Å². The molecule has 4 rings (SSSR count). The molecular formula is C19H20ClFO5. The molecule has 0 spiro atoms. The average molecular weight is 383 g/mol. The van der Waals surface area contributed by atoms with E-state index in [2.05, 4.69) is 0 Å². The third kappa shape index (κ3) is 3.59. The second-order valence-corrected chi connectivity index (χ2v) is 7.28. The third-order valence-electron chi connectivity index (χ3n) is 5.12. The lowest BCUT2D eigenvalue weighted by molar-refractivity contribution is -0.141. The Labute approximate surface area is 156 Å². The van der Waals surface area contributed by atoms with E-state index in [9.17, 15) is 9.18 Å². The van der Waals surface area contributed by atoms with Crippen molar-refractivity contribution in [1.82, 2.24) is 0 Å². The highest BCUT2D eigenvalue weighted by Crippen LogP contribution is 2.44. The van der Waals surface area contributed by atoms with Gasteiger partial charge in [-0.3, -0.25) is 4.79 Å². The van der Waals surface area contributed by atoms with E-state index in [-0.39, 0.29) is 43.4 Å². The molecule has 4 atom stereocenters. The Kier molecular flexibility index (Phi) is 4.90. The molecule has 1 aromatic rings. The number of alkyl halides is 1. The van der Waals surface area contributed by atoms with E-state index in [0.29, 0.717) is 24.0 Å². The highest BCUT2D eigenvalue weighted by Gasteiger charge is 2.50. The number of allylic oxidation sites excluding steroid dienone is 1. The van der Waals surface area contributed by atoms with Gasteiger partial charge in [-0.25, -0.2) is 4.39 Å². The van der Waals surface area contributed by atoms with Crippen LogP contribution in [0.1, 0.15) is 12.8 Å². The minimum atomic E-state index is -1.07. The summed E-state index contributed by atoms with van der Waals surface area (Å²) in [6, 6.07) is 7.04. The molecule has 3 aliphatic rings. The first-order chi connectivity index (χ1) is 12.5. The molecule has 0 radical (unpaired) electrons. The number of esters is 1. The molecule has 1 aliphatic carbocycles. The maximum Gasteiger partial charge on any atom is 0.306 e. The van der Waals surface area contributed by atoms with Crippen LogP contribution >= 0.6 is 11.6 Å². The molecule has 3 fully saturated rings. The maximum absolute atomic E-state index is 14.4. The van der Waals surface area contributed by atoms with Crippen LogP contribution in [-0.2, 0) is 19.0 Å². The number of halogens is 2. The summed E-state index contributed by atoms with van der Waals surface area (Å²) in [5.41, 5.74) is 0. The Hall–Kier alpha value is -1.63. The molecule has 2 saturated heterocycles. The fourth-order valence-corrected chi connectivity index (χ4v) is 4.02. The van der Waals surface area contributed by atoms with Crippen LogP contribution in [0.4, 0.5) is 4.39 Å². The lowest BCUT2D eigenvalue weighted by Crippen LogP contribution is -2.35. The van der Waals surface area contributed by atoms with Gasteiger partial charge < -0.3 is 18.9 Å². The van der Waals surface area contributed by atoms with Crippen LogP contribution in [0.2, 0.25) is 5.02 Å². The quantitative estimate of drug-likeness (QED) is 0.577. The number of ether oxygens (including phenoxy) is 4. The summed E-state index contributed by atoms with van der Waals surface area (Å²) in [5.74, 6) is -1.23. The third-order valence-corrected chi connectivity index (χ3v) is 5.35. The standard InChI is InChI=1S/C19H20ClFO5/c20-12-2-1-3-13(8-12)23-11-19(24-6-7-25-19)5-4-14-15-9-18(22)26-17(15)10-16(14)21/h1-5,8,14-17H,6-7,9-11H2/t14-,15-,16+,17+/m1/s1. The zero-order valence-electron chi connectivity index (χ0n) is 14.1. The van der Waals surface area contributed by atoms with Gasteiger partial charge in [0.05, 0.1) is 19.6 Å². The molecule has 2 heterocycles. The molecule has 140 valence electrons. The number of carbonyl (C=O) groups is 1. The summed E-state index contributed by atoms with van der Waals surface area (Å²) in [6.45, 7) is 0.984. The predicted octanol–water partition coefficient (Wildman–Crippen LogP) is 3.31.